The first-order chi connectivity index (χ1) is 6.59. The molecule has 1 aromatic rings. The lowest BCUT2D eigenvalue weighted by atomic mass is 10.4. The SMILES string of the molecule is Cc1csc(CSC[C@@H](N)C(=O)O)n1. The Balaban J connectivity index is 2.25. The first-order valence-electron chi connectivity index (χ1n) is 4.06. The number of thiazole rings is 1. The van der Waals surface area contributed by atoms with Crippen molar-refractivity contribution >= 4 is 29.1 Å². The zero-order valence-corrected chi connectivity index (χ0v) is 9.40. The quantitative estimate of drug-likeness (QED) is 0.795. The summed E-state index contributed by atoms with van der Waals surface area (Å²) in [5, 5.41) is 11.5. The van der Waals surface area contributed by atoms with Crippen molar-refractivity contribution in [3.63, 3.8) is 0 Å². The number of hydrogen-bond donors (Lipinski definition) is 2. The van der Waals surface area contributed by atoms with Crippen LogP contribution in [0.2, 0.25) is 0 Å². The third-order valence-electron chi connectivity index (χ3n) is 1.51. The molecule has 78 valence electrons. The molecule has 0 aliphatic rings. The molecule has 0 saturated heterocycles. The van der Waals surface area contributed by atoms with Gasteiger partial charge in [0.1, 0.15) is 11.0 Å². The molecule has 14 heavy (non-hydrogen) atoms. The molecule has 0 spiro atoms. The van der Waals surface area contributed by atoms with Crippen molar-refractivity contribution in [1.29, 1.82) is 0 Å². The molecule has 4 nitrogen and oxygen atoms in total. The highest BCUT2D eigenvalue weighted by atomic mass is 32.2. The van der Waals surface area contributed by atoms with Crippen molar-refractivity contribution in [2.24, 2.45) is 5.73 Å². The molecule has 1 atom stereocenters. The minimum atomic E-state index is -0.951. The number of aromatic nitrogens is 1. The van der Waals surface area contributed by atoms with Crippen molar-refractivity contribution in [3.05, 3.63) is 16.1 Å². The molecule has 0 fully saturated rings. The number of carboxylic acid groups (broad SMARTS) is 1. The molecular weight excluding hydrogens is 220 g/mol. The second-order valence-electron chi connectivity index (χ2n) is 2.84. The molecule has 0 aliphatic heterocycles. The Morgan fingerprint density at radius 1 is 1.86 bits per heavy atom. The molecule has 1 rings (SSSR count). The lowest BCUT2D eigenvalue weighted by Gasteiger charge is -2.03. The van der Waals surface area contributed by atoms with Crippen LogP contribution in [0.15, 0.2) is 5.38 Å². The van der Waals surface area contributed by atoms with Crippen LogP contribution in [0.3, 0.4) is 0 Å². The maximum Gasteiger partial charge on any atom is 0.321 e. The van der Waals surface area contributed by atoms with Crippen molar-refractivity contribution in [2.75, 3.05) is 5.75 Å². The van der Waals surface area contributed by atoms with Gasteiger partial charge in [-0.1, -0.05) is 0 Å². The molecule has 0 saturated carbocycles. The smallest absolute Gasteiger partial charge is 0.321 e. The van der Waals surface area contributed by atoms with Crippen LogP contribution < -0.4 is 5.73 Å². The fraction of sp³-hybridized carbons (Fsp3) is 0.500. The Labute approximate surface area is 90.5 Å². The van der Waals surface area contributed by atoms with E-state index in [4.69, 9.17) is 10.8 Å². The number of carboxylic acids is 1. The maximum atomic E-state index is 10.4. The van der Waals surface area contributed by atoms with Crippen molar-refractivity contribution in [1.82, 2.24) is 4.98 Å². The van der Waals surface area contributed by atoms with Gasteiger partial charge in [0.25, 0.3) is 0 Å². The highest BCUT2D eigenvalue weighted by molar-refractivity contribution is 7.98. The average molecular weight is 232 g/mol. The third-order valence-corrected chi connectivity index (χ3v) is 3.73. The average Bonchev–Trinajstić information content (AvgIpc) is 2.51. The second kappa shape index (κ2) is 5.33. The zero-order chi connectivity index (χ0) is 10.6. The lowest BCUT2D eigenvalue weighted by Crippen LogP contribution is -2.32. The van der Waals surface area contributed by atoms with E-state index in [1.807, 2.05) is 12.3 Å². The van der Waals surface area contributed by atoms with E-state index in [-0.39, 0.29) is 0 Å². The summed E-state index contributed by atoms with van der Waals surface area (Å²) >= 11 is 3.09. The molecule has 0 aromatic carbocycles. The van der Waals surface area contributed by atoms with Crippen molar-refractivity contribution < 1.29 is 9.90 Å². The van der Waals surface area contributed by atoms with Gasteiger partial charge in [-0.2, -0.15) is 11.8 Å². The summed E-state index contributed by atoms with van der Waals surface area (Å²) in [7, 11) is 0. The van der Waals surface area contributed by atoms with Gasteiger partial charge in [0, 0.05) is 22.6 Å². The molecular formula is C8H12N2O2S2. The number of rotatable bonds is 5. The van der Waals surface area contributed by atoms with Gasteiger partial charge in [0.15, 0.2) is 0 Å². The molecule has 0 unspecified atom stereocenters. The molecule has 6 heteroatoms. The van der Waals surface area contributed by atoms with E-state index >= 15 is 0 Å². The number of nitrogens with zero attached hydrogens (tertiary/aromatic N) is 1. The van der Waals surface area contributed by atoms with E-state index < -0.39 is 12.0 Å². The summed E-state index contributed by atoms with van der Waals surface area (Å²) in [6, 6.07) is -0.777. The van der Waals surface area contributed by atoms with Gasteiger partial charge in [-0.3, -0.25) is 4.79 Å². The first-order valence-corrected chi connectivity index (χ1v) is 6.10. The fourth-order valence-electron chi connectivity index (χ4n) is 0.813. The van der Waals surface area contributed by atoms with Gasteiger partial charge >= 0.3 is 5.97 Å². The summed E-state index contributed by atoms with van der Waals surface area (Å²) < 4.78 is 0. The molecule has 1 heterocycles. The van der Waals surface area contributed by atoms with E-state index in [9.17, 15) is 4.79 Å². The minimum absolute atomic E-state index is 0.425. The number of hydrogen-bond acceptors (Lipinski definition) is 5. The number of carbonyl (C=O) groups is 1. The van der Waals surface area contributed by atoms with E-state index in [1.54, 1.807) is 11.3 Å². The van der Waals surface area contributed by atoms with Gasteiger partial charge in [0.2, 0.25) is 0 Å². The van der Waals surface area contributed by atoms with Crippen molar-refractivity contribution in [3.8, 4) is 0 Å². The molecule has 0 aliphatic carbocycles. The Hall–Kier alpha value is -0.590. The zero-order valence-electron chi connectivity index (χ0n) is 7.77. The van der Waals surface area contributed by atoms with Crippen LogP contribution in [0.25, 0.3) is 0 Å². The third kappa shape index (κ3) is 3.65. The van der Waals surface area contributed by atoms with Crippen molar-refractivity contribution in [2.45, 2.75) is 18.7 Å². The number of nitrogens with two attached hydrogens (primary N) is 1. The lowest BCUT2D eigenvalue weighted by molar-refractivity contribution is -0.137. The fourth-order valence-corrected chi connectivity index (χ4v) is 2.65. The number of thioether (sulfide) groups is 1. The van der Waals surface area contributed by atoms with E-state index in [0.717, 1.165) is 16.5 Å². The predicted octanol–water partition coefficient (Wildman–Crippen LogP) is 1.10. The van der Waals surface area contributed by atoms with Crippen LogP contribution in [0.4, 0.5) is 0 Å². The highest BCUT2D eigenvalue weighted by Gasteiger charge is 2.11. The first kappa shape index (κ1) is 11.5. The van der Waals surface area contributed by atoms with Crippen LogP contribution in [0, 0.1) is 6.92 Å². The summed E-state index contributed by atoms with van der Waals surface area (Å²) in [5.41, 5.74) is 6.36. The van der Waals surface area contributed by atoms with E-state index in [0.29, 0.717) is 5.75 Å². The van der Waals surface area contributed by atoms with Gasteiger partial charge in [0.05, 0.1) is 0 Å². The summed E-state index contributed by atoms with van der Waals surface area (Å²) in [6.07, 6.45) is 0. The normalized spacial score (nSPS) is 12.7. The largest absolute Gasteiger partial charge is 0.480 e. The van der Waals surface area contributed by atoms with Crippen LogP contribution in [0.1, 0.15) is 10.7 Å². The van der Waals surface area contributed by atoms with Gasteiger partial charge in [-0.25, -0.2) is 4.98 Å². The van der Waals surface area contributed by atoms with E-state index in [1.165, 1.54) is 11.8 Å². The van der Waals surface area contributed by atoms with E-state index in [2.05, 4.69) is 4.98 Å². The highest BCUT2D eigenvalue weighted by Crippen LogP contribution is 2.16. The Kier molecular flexibility index (Phi) is 4.37. The van der Waals surface area contributed by atoms with Gasteiger partial charge in [-0.05, 0) is 6.92 Å². The van der Waals surface area contributed by atoms with Gasteiger partial charge < -0.3 is 10.8 Å². The summed E-state index contributed by atoms with van der Waals surface area (Å²) in [4.78, 5) is 14.7. The Morgan fingerprint density at radius 3 is 3.07 bits per heavy atom. The van der Waals surface area contributed by atoms with Crippen LogP contribution in [-0.4, -0.2) is 27.9 Å². The predicted molar refractivity (Wildman–Crippen MR) is 58.6 cm³/mol. The monoisotopic (exact) mass is 232 g/mol. The topological polar surface area (TPSA) is 76.2 Å². The molecule has 1 aromatic heterocycles. The van der Waals surface area contributed by atoms with Crippen LogP contribution in [-0.2, 0) is 10.5 Å². The molecule has 0 radical (unpaired) electrons. The summed E-state index contributed by atoms with van der Waals surface area (Å²) in [5.74, 6) is 0.209. The maximum absolute atomic E-state index is 10.4. The molecule has 0 bridgehead atoms. The van der Waals surface area contributed by atoms with Crippen LogP contribution >= 0.6 is 23.1 Å². The van der Waals surface area contributed by atoms with Crippen LogP contribution in [0.5, 0.6) is 0 Å². The molecule has 3 N–H and O–H groups in total. The minimum Gasteiger partial charge on any atom is -0.480 e. The number of aryl methyl sites for hydroxylation is 1. The van der Waals surface area contributed by atoms with Gasteiger partial charge in [-0.15, -0.1) is 11.3 Å². The Morgan fingerprint density at radius 2 is 2.57 bits per heavy atom. The standard InChI is InChI=1S/C8H12N2O2S2/c1-5-2-14-7(10-5)4-13-3-6(9)8(11)12/h2,6H,3-4,9H2,1H3,(H,11,12)/t6-/m1/s1. The molecule has 0 amide bonds. The summed E-state index contributed by atoms with van der Waals surface area (Å²) in [6.45, 7) is 1.94. The Bertz CT molecular complexity index is 314. The second-order valence-corrected chi connectivity index (χ2v) is 4.82. The number of aliphatic carboxylic acids is 1.